The van der Waals surface area contributed by atoms with Crippen molar-refractivity contribution >= 4 is 22.4 Å². The fraction of sp³-hybridized carbons (Fsp3) is 0.538. The van der Waals surface area contributed by atoms with E-state index in [-0.39, 0.29) is 23.3 Å². The second-order valence-corrected chi connectivity index (χ2v) is 6.93. The molecule has 2 rings (SSSR count). The first-order valence-corrected chi connectivity index (χ1v) is 8.04. The van der Waals surface area contributed by atoms with Gasteiger partial charge in [-0.1, -0.05) is 6.07 Å². The number of alkyl halides is 3. The van der Waals surface area contributed by atoms with Crippen LogP contribution in [0.2, 0.25) is 0 Å². The monoisotopic (exact) mass is 358 g/mol. The van der Waals surface area contributed by atoms with Crippen LogP contribution in [0.3, 0.4) is 0 Å². The van der Waals surface area contributed by atoms with Gasteiger partial charge in [0.25, 0.3) is 0 Å². The molecule has 0 aromatic heterocycles. The van der Waals surface area contributed by atoms with E-state index < -0.39 is 21.8 Å². The Hall–Kier alpha value is -0.830. The Morgan fingerprint density at radius 3 is 2.32 bits per heavy atom. The quantitative estimate of drug-likeness (QED) is 0.903. The van der Waals surface area contributed by atoms with E-state index in [2.05, 4.69) is 5.32 Å². The molecule has 0 radical (unpaired) electrons. The molecule has 1 heterocycles. The van der Waals surface area contributed by atoms with Crippen molar-refractivity contribution in [2.45, 2.75) is 30.0 Å². The van der Waals surface area contributed by atoms with Gasteiger partial charge >= 0.3 is 6.18 Å². The van der Waals surface area contributed by atoms with Gasteiger partial charge in [0.05, 0.1) is 10.5 Å². The van der Waals surface area contributed by atoms with Gasteiger partial charge in [-0.3, -0.25) is 0 Å². The lowest BCUT2D eigenvalue weighted by Gasteiger charge is -2.31. The normalized spacial score (nSPS) is 18.0. The lowest BCUT2D eigenvalue weighted by Crippen LogP contribution is -2.43. The Bertz CT molecular complexity index is 600. The number of piperidine rings is 1. The molecule has 1 aromatic carbocycles. The summed E-state index contributed by atoms with van der Waals surface area (Å²) in [4.78, 5) is -0.305. The Balaban J connectivity index is 0.00000242. The van der Waals surface area contributed by atoms with Crippen molar-refractivity contribution in [3.8, 4) is 0 Å². The Morgan fingerprint density at radius 1 is 1.23 bits per heavy atom. The molecule has 126 valence electrons. The molecule has 9 heteroatoms. The lowest BCUT2D eigenvalue weighted by molar-refractivity contribution is -0.137. The molecule has 0 atom stereocenters. The molecule has 1 fully saturated rings. The zero-order valence-electron chi connectivity index (χ0n) is 11.9. The standard InChI is InChI=1S/C13H17F3N2O2S.ClH/c1-17-11-5-7-18(8-6-11)21(19,20)12-4-2-3-10(9-12)13(14,15)16;/h2-4,9,11,17H,5-8H2,1H3;1H. The largest absolute Gasteiger partial charge is 0.416 e. The first-order valence-electron chi connectivity index (χ1n) is 6.60. The van der Waals surface area contributed by atoms with Crippen molar-refractivity contribution in [2.24, 2.45) is 0 Å². The molecule has 22 heavy (non-hydrogen) atoms. The van der Waals surface area contributed by atoms with Crippen LogP contribution < -0.4 is 5.32 Å². The summed E-state index contributed by atoms with van der Waals surface area (Å²) in [5.41, 5.74) is -0.950. The maximum atomic E-state index is 12.7. The van der Waals surface area contributed by atoms with Gasteiger partial charge in [0.2, 0.25) is 10.0 Å². The fourth-order valence-corrected chi connectivity index (χ4v) is 3.88. The lowest BCUT2D eigenvalue weighted by atomic mass is 10.1. The summed E-state index contributed by atoms with van der Waals surface area (Å²) in [6, 6.07) is 4.13. The number of hydrogen-bond donors (Lipinski definition) is 1. The van der Waals surface area contributed by atoms with Crippen LogP contribution in [-0.2, 0) is 16.2 Å². The third-order valence-corrected chi connectivity index (χ3v) is 5.56. The third kappa shape index (κ3) is 4.13. The van der Waals surface area contributed by atoms with Crippen LogP contribution in [0, 0.1) is 0 Å². The van der Waals surface area contributed by atoms with Gasteiger partial charge in [-0.25, -0.2) is 8.42 Å². The minimum absolute atomic E-state index is 0. The van der Waals surface area contributed by atoms with E-state index in [1.54, 1.807) is 0 Å². The number of rotatable bonds is 3. The summed E-state index contributed by atoms with van der Waals surface area (Å²) < 4.78 is 64.1. The number of nitrogens with one attached hydrogen (secondary N) is 1. The minimum Gasteiger partial charge on any atom is -0.317 e. The van der Waals surface area contributed by atoms with E-state index in [1.165, 1.54) is 10.4 Å². The molecule has 4 nitrogen and oxygen atoms in total. The highest BCUT2D eigenvalue weighted by Gasteiger charge is 2.34. The predicted octanol–water partition coefficient (Wildman–Crippen LogP) is 2.50. The van der Waals surface area contributed by atoms with Crippen molar-refractivity contribution < 1.29 is 21.6 Å². The van der Waals surface area contributed by atoms with Gasteiger partial charge in [0.1, 0.15) is 0 Å². The molecule has 0 aliphatic carbocycles. The molecule has 0 amide bonds. The minimum atomic E-state index is -4.55. The zero-order valence-corrected chi connectivity index (χ0v) is 13.6. The van der Waals surface area contributed by atoms with Crippen molar-refractivity contribution in [1.29, 1.82) is 0 Å². The third-order valence-electron chi connectivity index (χ3n) is 3.66. The average molecular weight is 359 g/mol. The maximum absolute atomic E-state index is 12.7. The molecular formula is C13H18ClF3N2O2S. The first kappa shape index (κ1) is 19.2. The number of hydrogen-bond acceptors (Lipinski definition) is 3. The Labute approximate surface area is 134 Å². The molecule has 1 aliphatic heterocycles. The van der Waals surface area contributed by atoms with Crippen LogP contribution in [0.4, 0.5) is 13.2 Å². The van der Waals surface area contributed by atoms with Crippen LogP contribution in [-0.4, -0.2) is 38.9 Å². The Kier molecular flexibility index (Phi) is 6.26. The maximum Gasteiger partial charge on any atom is 0.416 e. The highest BCUT2D eigenvalue weighted by molar-refractivity contribution is 7.89. The summed E-state index contributed by atoms with van der Waals surface area (Å²) in [7, 11) is -2.06. The number of sulfonamides is 1. The summed E-state index contributed by atoms with van der Waals surface area (Å²) >= 11 is 0. The van der Waals surface area contributed by atoms with Crippen LogP contribution in [0.25, 0.3) is 0 Å². The summed E-state index contributed by atoms with van der Waals surface area (Å²) in [5, 5.41) is 3.07. The Morgan fingerprint density at radius 2 is 1.82 bits per heavy atom. The van der Waals surface area contributed by atoms with E-state index in [4.69, 9.17) is 0 Å². The highest BCUT2D eigenvalue weighted by atomic mass is 35.5. The SMILES string of the molecule is CNC1CCN(S(=O)(=O)c2cccc(C(F)(F)F)c2)CC1.Cl. The molecule has 0 saturated carbocycles. The van der Waals surface area contributed by atoms with Gasteiger partial charge in [-0.2, -0.15) is 17.5 Å². The average Bonchev–Trinajstić information content (AvgIpc) is 2.46. The number of benzene rings is 1. The van der Waals surface area contributed by atoms with Crippen molar-refractivity contribution in [1.82, 2.24) is 9.62 Å². The van der Waals surface area contributed by atoms with Crippen LogP contribution >= 0.6 is 12.4 Å². The summed E-state index contributed by atoms with van der Waals surface area (Å²) in [5.74, 6) is 0. The molecule has 1 aromatic rings. The van der Waals surface area contributed by atoms with Crippen LogP contribution in [0.1, 0.15) is 18.4 Å². The van der Waals surface area contributed by atoms with Gasteiger partial charge in [0.15, 0.2) is 0 Å². The van der Waals surface area contributed by atoms with Gasteiger partial charge in [-0.15, -0.1) is 12.4 Å². The van der Waals surface area contributed by atoms with Crippen molar-refractivity contribution in [3.05, 3.63) is 29.8 Å². The molecule has 0 bridgehead atoms. The molecule has 0 spiro atoms. The second kappa shape index (κ2) is 7.16. The molecule has 1 aliphatic rings. The molecule has 1 N–H and O–H groups in total. The van der Waals surface area contributed by atoms with E-state index >= 15 is 0 Å². The van der Waals surface area contributed by atoms with Gasteiger partial charge in [-0.05, 0) is 38.1 Å². The molecular weight excluding hydrogens is 341 g/mol. The topological polar surface area (TPSA) is 49.4 Å². The summed E-state index contributed by atoms with van der Waals surface area (Å²) in [6.45, 7) is 0.619. The van der Waals surface area contributed by atoms with Crippen LogP contribution in [0.15, 0.2) is 29.2 Å². The smallest absolute Gasteiger partial charge is 0.317 e. The molecule has 0 unspecified atom stereocenters. The van der Waals surface area contributed by atoms with E-state index in [9.17, 15) is 21.6 Å². The van der Waals surface area contributed by atoms with E-state index in [0.29, 0.717) is 32.0 Å². The van der Waals surface area contributed by atoms with E-state index in [0.717, 1.165) is 12.1 Å². The summed E-state index contributed by atoms with van der Waals surface area (Å²) in [6.07, 6.45) is -3.26. The highest BCUT2D eigenvalue weighted by Crippen LogP contribution is 2.31. The number of halogens is 4. The predicted molar refractivity (Wildman–Crippen MR) is 79.5 cm³/mol. The van der Waals surface area contributed by atoms with Crippen molar-refractivity contribution in [3.63, 3.8) is 0 Å². The fourth-order valence-electron chi connectivity index (χ4n) is 2.37. The van der Waals surface area contributed by atoms with Gasteiger partial charge < -0.3 is 5.32 Å². The number of nitrogens with zero attached hydrogens (tertiary/aromatic N) is 1. The first-order chi connectivity index (χ1) is 9.75. The van der Waals surface area contributed by atoms with Gasteiger partial charge in [0, 0.05) is 19.1 Å². The zero-order chi connectivity index (χ0) is 15.7. The molecule has 1 saturated heterocycles. The van der Waals surface area contributed by atoms with E-state index in [1.807, 2.05) is 7.05 Å². The van der Waals surface area contributed by atoms with Crippen molar-refractivity contribution in [2.75, 3.05) is 20.1 Å². The second-order valence-electron chi connectivity index (χ2n) is 4.99. The van der Waals surface area contributed by atoms with Crippen LogP contribution in [0.5, 0.6) is 0 Å².